The zero-order valence-corrected chi connectivity index (χ0v) is 13.8. The highest BCUT2D eigenvalue weighted by molar-refractivity contribution is 7.15. The summed E-state index contributed by atoms with van der Waals surface area (Å²) >= 11 is 3.54. The Labute approximate surface area is 127 Å². The van der Waals surface area contributed by atoms with Crippen molar-refractivity contribution in [2.75, 3.05) is 19.0 Å². The second-order valence-electron chi connectivity index (χ2n) is 5.25. The van der Waals surface area contributed by atoms with E-state index in [1.54, 1.807) is 11.3 Å². The number of nitrogens with one attached hydrogen (secondary N) is 1. The molecule has 1 aliphatic rings. The minimum absolute atomic E-state index is 0.486. The van der Waals surface area contributed by atoms with Crippen LogP contribution in [-0.2, 0) is 13.0 Å². The van der Waals surface area contributed by atoms with Crippen molar-refractivity contribution < 1.29 is 0 Å². The molecule has 108 valence electrons. The largest absolute Gasteiger partial charge is 0.345 e. The first-order valence-corrected chi connectivity index (χ1v) is 8.66. The molecule has 20 heavy (non-hydrogen) atoms. The van der Waals surface area contributed by atoms with Gasteiger partial charge in [-0.05, 0) is 33.2 Å². The number of hydrogen-bond donors (Lipinski definition) is 1. The molecule has 1 unspecified atom stereocenters. The van der Waals surface area contributed by atoms with Crippen LogP contribution in [0.25, 0.3) is 0 Å². The Bertz CT molecular complexity index is 590. The van der Waals surface area contributed by atoms with Crippen molar-refractivity contribution in [3.05, 3.63) is 26.7 Å². The van der Waals surface area contributed by atoms with E-state index < -0.39 is 0 Å². The van der Waals surface area contributed by atoms with Gasteiger partial charge in [-0.1, -0.05) is 11.3 Å². The first-order chi connectivity index (χ1) is 9.67. The molecule has 0 amide bonds. The van der Waals surface area contributed by atoms with Crippen LogP contribution >= 0.6 is 22.7 Å². The van der Waals surface area contributed by atoms with E-state index in [1.807, 2.05) is 25.3 Å². The van der Waals surface area contributed by atoms with Crippen LogP contribution in [0.15, 0.2) is 5.38 Å². The Morgan fingerprint density at radius 3 is 3.00 bits per heavy atom. The second kappa shape index (κ2) is 5.79. The molecule has 0 saturated carbocycles. The molecule has 1 N–H and O–H groups in total. The minimum atomic E-state index is 0.486. The molecule has 0 aliphatic heterocycles. The predicted octanol–water partition coefficient (Wildman–Crippen LogP) is 3.14. The van der Waals surface area contributed by atoms with Gasteiger partial charge in [0, 0.05) is 23.3 Å². The van der Waals surface area contributed by atoms with E-state index in [4.69, 9.17) is 4.98 Å². The third kappa shape index (κ3) is 2.73. The Morgan fingerprint density at radius 1 is 1.45 bits per heavy atom. The Balaban J connectivity index is 1.78. The highest BCUT2D eigenvalue weighted by Crippen LogP contribution is 2.37. The zero-order chi connectivity index (χ0) is 14.1. The fourth-order valence-corrected chi connectivity index (χ4v) is 4.46. The number of hydrogen-bond acceptors (Lipinski definition) is 6. The third-order valence-corrected chi connectivity index (χ3v) is 5.83. The maximum atomic E-state index is 4.83. The van der Waals surface area contributed by atoms with Gasteiger partial charge in [0.2, 0.25) is 0 Å². The van der Waals surface area contributed by atoms with Crippen molar-refractivity contribution in [2.45, 2.75) is 38.8 Å². The molecule has 1 aliphatic carbocycles. The number of thiazole rings is 2. The molecule has 0 fully saturated rings. The first-order valence-electron chi connectivity index (χ1n) is 6.96. The Hall–Kier alpha value is -0.980. The predicted molar refractivity (Wildman–Crippen MR) is 85.8 cm³/mol. The van der Waals surface area contributed by atoms with Gasteiger partial charge in [-0.15, -0.1) is 11.3 Å². The van der Waals surface area contributed by atoms with Crippen molar-refractivity contribution in [3.63, 3.8) is 0 Å². The smallest absolute Gasteiger partial charge is 0.185 e. The van der Waals surface area contributed by atoms with Crippen molar-refractivity contribution in [1.82, 2.24) is 15.3 Å². The Kier molecular flexibility index (Phi) is 4.05. The van der Waals surface area contributed by atoms with Crippen LogP contribution in [0.4, 0.5) is 5.13 Å². The standard InChI is InChI=1S/C14H20N4S2/c1-9-16-10(8-19-9)7-18(3)14-17-12-6-4-5-11(15-2)13(12)20-14/h8,11,15H,4-7H2,1-3H3. The lowest BCUT2D eigenvalue weighted by Crippen LogP contribution is -2.19. The van der Waals surface area contributed by atoms with Crippen LogP contribution in [0.3, 0.4) is 0 Å². The fraction of sp³-hybridized carbons (Fsp3) is 0.571. The zero-order valence-electron chi connectivity index (χ0n) is 12.1. The van der Waals surface area contributed by atoms with E-state index in [0.717, 1.165) is 28.8 Å². The average Bonchev–Trinajstić information content (AvgIpc) is 3.04. The molecule has 0 radical (unpaired) electrons. The van der Waals surface area contributed by atoms with Crippen molar-refractivity contribution in [2.24, 2.45) is 0 Å². The lowest BCUT2D eigenvalue weighted by molar-refractivity contribution is 0.501. The first kappa shape index (κ1) is 14.0. The van der Waals surface area contributed by atoms with E-state index >= 15 is 0 Å². The lowest BCUT2D eigenvalue weighted by Gasteiger charge is -2.19. The lowest BCUT2D eigenvalue weighted by atomic mass is 9.98. The summed E-state index contributed by atoms with van der Waals surface area (Å²) in [5.41, 5.74) is 2.42. The van der Waals surface area contributed by atoms with Crippen molar-refractivity contribution in [3.8, 4) is 0 Å². The summed E-state index contributed by atoms with van der Waals surface area (Å²) in [6, 6.07) is 0.486. The highest BCUT2D eigenvalue weighted by Gasteiger charge is 2.24. The van der Waals surface area contributed by atoms with Crippen molar-refractivity contribution >= 4 is 27.8 Å². The number of anilines is 1. The van der Waals surface area contributed by atoms with Gasteiger partial charge in [0.25, 0.3) is 0 Å². The van der Waals surface area contributed by atoms with Gasteiger partial charge < -0.3 is 10.2 Å². The molecule has 0 spiro atoms. The van der Waals surface area contributed by atoms with Gasteiger partial charge in [0.1, 0.15) is 0 Å². The van der Waals surface area contributed by atoms with Gasteiger partial charge in [-0.25, -0.2) is 9.97 Å². The fourth-order valence-electron chi connectivity index (χ4n) is 2.64. The molecule has 0 bridgehead atoms. The molecule has 0 aromatic carbocycles. The number of aryl methyl sites for hydroxylation is 2. The summed E-state index contributed by atoms with van der Waals surface area (Å²) in [5.74, 6) is 0. The van der Waals surface area contributed by atoms with E-state index in [9.17, 15) is 0 Å². The SMILES string of the molecule is CNC1CCCc2nc(N(C)Cc3csc(C)n3)sc21. The van der Waals surface area contributed by atoms with Gasteiger partial charge >= 0.3 is 0 Å². The maximum absolute atomic E-state index is 4.83. The molecular formula is C14H20N4S2. The molecule has 2 aromatic rings. The summed E-state index contributed by atoms with van der Waals surface area (Å²) in [6.07, 6.45) is 3.57. The van der Waals surface area contributed by atoms with Crippen molar-refractivity contribution in [1.29, 1.82) is 0 Å². The second-order valence-corrected chi connectivity index (χ2v) is 7.33. The minimum Gasteiger partial charge on any atom is -0.345 e. The molecule has 4 nitrogen and oxygen atoms in total. The average molecular weight is 308 g/mol. The summed E-state index contributed by atoms with van der Waals surface area (Å²) in [4.78, 5) is 13.0. The van der Waals surface area contributed by atoms with E-state index in [1.165, 1.54) is 23.4 Å². The molecule has 0 saturated heterocycles. The summed E-state index contributed by atoms with van der Waals surface area (Å²) in [7, 11) is 4.15. The molecule has 2 aromatic heterocycles. The maximum Gasteiger partial charge on any atom is 0.185 e. The molecular weight excluding hydrogens is 288 g/mol. The quantitative estimate of drug-likeness (QED) is 0.942. The monoisotopic (exact) mass is 308 g/mol. The molecule has 1 atom stereocenters. The molecule has 6 heteroatoms. The number of fused-ring (bicyclic) bond motifs is 1. The van der Waals surface area contributed by atoms with Gasteiger partial charge in [-0.2, -0.15) is 0 Å². The summed E-state index contributed by atoms with van der Waals surface area (Å²) in [5, 5.41) is 7.78. The van der Waals surface area contributed by atoms with Gasteiger partial charge in [0.15, 0.2) is 5.13 Å². The Morgan fingerprint density at radius 2 is 2.30 bits per heavy atom. The van der Waals surface area contributed by atoms with Crippen LogP contribution in [0.1, 0.15) is 40.2 Å². The normalized spacial score (nSPS) is 18.1. The van der Waals surface area contributed by atoms with E-state index in [2.05, 4.69) is 27.6 Å². The van der Waals surface area contributed by atoms with Gasteiger partial charge in [-0.3, -0.25) is 0 Å². The van der Waals surface area contributed by atoms with Crippen LogP contribution in [0.5, 0.6) is 0 Å². The van der Waals surface area contributed by atoms with Gasteiger partial charge in [0.05, 0.1) is 22.9 Å². The molecule has 2 heterocycles. The summed E-state index contributed by atoms with van der Waals surface area (Å²) < 4.78 is 0. The number of nitrogens with zero attached hydrogens (tertiary/aromatic N) is 3. The van der Waals surface area contributed by atoms with Crippen LogP contribution < -0.4 is 10.2 Å². The third-order valence-electron chi connectivity index (χ3n) is 3.68. The van der Waals surface area contributed by atoms with E-state index in [-0.39, 0.29) is 0 Å². The number of rotatable bonds is 4. The van der Waals surface area contributed by atoms with Crippen LogP contribution in [0, 0.1) is 6.92 Å². The van der Waals surface area contributed by atoms with E-state index in [0.29, 0.717) is 6.04 Å². The highest BCUT2D eigenvalue weighted by atomic mass is 32.1. The molecule has 3 rings (SSSR count). The van der Waals surface area contributed by atoms with Crippen LogP contribution in [0.2, 0.25) is 0 Å². The number of aromatic nitrogens is 2. The topological polar surface area (TPSA) is 41.1 Å². The van der Waals surface area contributed by atoms with Crippen LogP contribution in [-0.4, -0.2) is 24.1 Å². The summed E-state index contributed by atoms with van der Waals surface area (Å²) in [6.45, 7) is 2.88.